The van der Waals surface area contributed by atoms with Crippen LogP contribution in [-0.4, -0.2) is 29.7 Å². The smallest absolute Gasteiger partial charge is 0.208 e. The van der Waals surface area contributed by atoms with Crippen LogP contribution in [0, 0.1) is 13.8 Å². The predicted octanol–water partition coefficient (Wildman–Crippen LogP) is 0.308. The van der Waals surface area contributed by atoms with Gasteiger partial charge in [0.2, 0.25) is 5.82 Å². The van der Waals surface area contributed by atoms with Crippen molar-refractivity contribution in [2.45, 2.75) is 13.8 Å². The summed E-state index contributed by atoms with van der Waals surface area (Å²) in [6.45, 7) is 3.78. The van der Waals surface area contributed by atoms with Crippen LogP contribution in [0.25, 0.3) is 5.82 Å². The molecule has 0 aliphatic heterocycles. The van der Waals surface area contributed by atoms with Crippen LogP contribution in [0.2, 0.25) is 0 Å². The molecule has 2 aromatic rings. The number of nitrogens with two attached hydrogens (primary N) is 1. The topological polar surface area (TPSA) is 82.5 Å². The summed E-state index contributed by atoms with van der Waals surface area (Å²) in [5.41, 5.74) is 7.16. The van der Waals surface area contributed by atoms with E-state index in [1.807, 2.05) is 13.8 Å². The van der Waals surface area contributed by atoms with Crippen LogP contribution in [-0.2, 0) is 0 Å². The molecule has 0 bridgehead atoms. The molecule has 2 rings (SSSR count). The van der Waals surface area contributed by atoms with Crippen LogP contribution in [0.1, 0.15) is 17.2 Å². The first-order valence-electron chi connectivity index (χ1n) is 4.60. The van der Waals surface area contributed by atoms with Crippen molar-refractivity contribution >= 4 is 17.2 Å². The van der Waals surface area contributed by atoms with E-state index >= 15 is 0 Å². The minimum atomic E-state index is 0.163. The van der Waals surface area contributed by atoms with Gasteiger partial charge < -0.3 is 5.73 Å². The molecule has 82 valence electrons. The van der Waals surface area contributed by atoms with Gasteiger partial charge in [-0.2, -0.15) is 0 Å². The molecule has 0 aliphatic rings. The van der Waals surface area contributed by atoms with Gasteiger partial charge in [-0.15, -0.1) is 5.10 Å². The van der Waals surface area contributed by atoms with Crippen molar-refractivity contribution in [3.8, 4) is 5.82 Å². The summed E-state index contributed by atoms with van der Waals surface area (Å²) in [5.74, 6) is 0.924. The maximum absolute atomic E-state index is 5.42. The first-order chi connectivity index (χ1) is 7.58. The summed E-state index contributed by atoms with van der Waals surface area (Å²) in [5, 5.41) is 4.09. The Bertz CT molecular complexity index is 547. The molecule has 0 amide bonds. The highest BCUT2D eigenvalue weighted by Gasteiger charge is 2.07. The minimum Gasteiger partial charge on any atom is -0.387 e. The minimum absolute atomic E-state index is 0.163. The van der Waals surface area contributed by atoms with Gasteiger partial charge in [-0.05, 0) is 13.8 Å². The van der Waals surface area contributed by atoms with Gasteiger partial charge in [-0.1, -0.05) is 12.2 Å². The van der Waals surface area contributed by atoms with E-state index in [0.717, 1.165) is 11.4 Å². The van der Waals surface area contributed by atoms with Crippen LogP contribution < -0.4 is 5.73 Å². The highest BCUT2D eigenvalue weighted by Crippen LogP contribution is 2.05. The van der Waals surface area contributed by atoms with Gasteiger partial charge in [-0.25, -0.2) is 14.6 Å². The Kier molecular flexibility index (Phi) is 2.61. The molecule has 2 heterocycles. The van der Waals surface area contributed by atoms with Crippen LogP contribution >= 0.6 is 12.2 Å². The van der Waals surface area contributed by atoms with Crippen molar-refractivity contribution in [3.63, 3.8) is 0 Å². The number of hydrogen-bond acceptors (Lipinski definition) is 5. The third-order valence-electron chi connectivity index (χ3n) is 2.13. The average molecular weight is 234 g/mol. The van der Waals surface area contributed by atoms with E-state index in [-0.39, 0.29) is 4.99 Å². The van der Waals surface area contributed by atoms with Gasteiger partial charge in [0.25, 0.3) is 0 Å². The van der Waals surface area contributed by atoms with Crippen LogP contribution in [0.4, 0.5) is 0 Å². The van der Waals surface area contributed by atoms with Crippen molar-refractivity contribution in [1.29, 1.82) is 0 Å². The molecule has 0 radical (unpaired) electrons. The first-order valence-corrected chi connectivity index (χ1v) is 5.01. The molecule has 7 heteroatoms. The lowest BCUT2D eigenvalue weighted by molar-refractivity contribution is 0.820. The molecule has 0 spiro atoms. The van der Waals surface area contributed by atoms with E-state index in [2.05, 4.69) is 20.1 Å². The summed E-state index contributed by atoms with van der Waals surface area (Å²) in [6, 6.07) is 0. The second-order valence-electron chi connectivity index (χ2n) is 3.28. The first kappa shape index (κ1) is 10.6. The molecule has 0 saturated carbocycles. The summed E-state index contributed by atoms with van der Waals surface area (Å²) in [7, 11) is 0. The highest BCUT2D eigenvalue weighted by atomic mass is 32.1. The fraction of sp³-hybridized carbons (Fsp3) is 0.222. The lowest BCUT2D eigenvalue weighted by Gasteiger charge is -2.01. The van der Waals surface area contributed by atoms with Crippen LogP contribution in [0.15, 0.2) is 12.5 Å². The zero-order valence-corrected chi connectivity index (χ0v) is 9.69. The number of aromatic nitrogens is 5. The molecule has 6 nitrogen and oxygen atoms in total. The molecule has 0 atom stereocenters. The molecule has 0 unspecified atom stereocenters. The quantitative estimate of drug-likeness (QED) is 0.753. The molecule has 0 fully saturated rings. The number of thiocarbonyl (C=S) groups is 1. The largest absolute Gasteiger partial charge is 0.387 e. The van der Waals surface area contributed by atoms with Gasteiger partial charge in [0, 0.05) is 0 Å². The van der Waals surface area contributed by atoms with Crippen molar-refractivity contribution in [3.05, 3.63) is 29.7 Å². The van der Waals surface area contributed by atoms with Gasteiger partial charge in [-0.3, -0.25) is 4.98 Å². The summed E-state index contributed by atoms with van der Waals surface area (Å²) < 4.78 is 1.49. The van der Waals surface area contributed by atoms with E-state index in [1.165, 1.54) is 11.0 Å². The number of aryl methyl sites for hydroxylation is 2. The Hall–Kier alpha value is -1.89. The normalized spacial score (nSPS) is 10.4. The average Bonchev–Trinajstić information content (AvgIpc) is 2.71. The number of hydrogen-bond donors (Lipinski definition) is 1. The number of rotatable bonds is 2. The van der Waals surface area contributed by atoms with Crippen molar-refractivity contribution in [2.75, 3.05) is 0 Å². The molecule has 0 aromatic carbocycles. The lowest BCUT2D eigenvalue weighted by Crippen LogP contribution is -2.12. The van der Waals surface area contributed by atoms with Crippen LogP contribution in [0.3, 0.4) is 0 Å². The summed E-state index contributed by atoms with van der Waals surface area (Å²) in [4.78, 5) is 12.6. The second kappa shape index (κ2) is 3.93. The Morgan fingerprint density at radius 3 is 2.62 bits per heavy atom. The van der Waals surface area contributed by atoms with Gasteiger partial charge in [0.1, 0.15) is 11.3 Å². The molecule has 0 aliphatic carbocycles. The van der Waals surface area contributed by atoms with Crippen molar-refractivity contribution in [2.24, 2.45) is 5.73 Å². The van der Waals surface area contributed by atoms with E-state index in [1.54, 1.807) is 6.20 Å². The van der Waals surface area contributed by atoms with E-state index in [9.17, 15) is 0 Å². The SMILES string of the molecule is Cc1ncc(-n2cnc(C(N)=S)n2)nc1C. The third kappa shape index (κ3) is 1.89. The summed E-state index contributed by atoms with van der Waals surface area (Å²) in [6.07, 6.45) is 3.13. The fourth-order valence-corrected chi connectivity index (χ4v) is 1.22. The molecular weight excluding hydrogens is 224 g/mol. The highest BCUT2D eigenvalue weighted by molar-refractivity contribution is 7.80. The second-order valence-corrected chi connectivity index (χ2v) is 3.72. The maximum atomic E-state index is 5.42. The molecule has 2 aromatic heterocycles. The standard InChI is InChI=1S/C9H10N6S/c1-5-6(2)13-7(3-11-5)15-4-12-9(14-15)8(10)16/h3-4H,1-2H3,(H2,10,16). The fourth-order valence-electron chi connectivity index (χ4n) is 1.13. The zero-order valence-electron chi connectivity index (χ0n) is 8.88. The van der Waals surface area contributed by atoms with Crippen molar-refractivity contribution in [1.82, 2.24) is 24.7 Å². The van der Waals surface area contributed by atoms with Gasteiger partial charge in [0.05, 0.1) is 17.6 Å². The number of nitrogens with zero attached hydrogens (tertiary/aromatic N) is 5. The third-order valence-corrected chi connectivity index (χ3v) is 2.31. The molecular formula is C9H10N6S. The van der Waals surface area contributed by atoms with Crippen molar-refractivity contribution < 1.29 is 0 Å². The van der Waals surface area contributed by atoms with E-state index < -0.39 is 0 Å². The Morgan fingerprint density at radius 2 is 2.06 bits per heavy atom. The Morgan fingerprint density at radius 1 is 1.31 bits per heavy atom. The van der Waals surface area contributed by atoms with Gasteiger partial charge in [0.15, 0.2) is 5.82 Å². The van der Waals surface area contributed by atoms with Gasteiger partial charge >= 0.3 is 0 Å². The Labute approximate surface area is 97.5 Å². The van der Waals surface area contributed by atoms with E-state index in [4.69, 9.17) is 18.0 Å². The molecule has 16 heavy (non-hydrogen) atoms. The predicted molar refractivity (Wildman–Crippen MR) is 62.3 cm³/mol. The zero-order chi connectivity index (χ0) is 11.7. The molecule has 0 saturated heterocycles. The van der Waals surface area contributed by atoms with Crippen LogP contribution in [0.5, 0.6) is 0 Å². The lowest BCUT2D eigenvalue weighted by atomic mass is 10.3. The van der Waals surface area contributed by atoms with E-state index in [0.29, 0.717) is 11.6 Å². The molecule has 2 N–H and O–H groups in total. The maximum Gasteiger partial charge on any atom is 0.208 e. The Balaban J connectivity index is 2.42. The summed E-state index contributed by atoms with van der Waals surface area (Å²) >= 11 is 4.78. The monoisotopic (exact) mass is 234 g/mol.